The molecule has 0 atom stereocenters. The van der Waals surface area contributed by atoms with Crippen LogP contribution in [0.25, 0.3) is 10.9 Å². The van der Waals surface area contributed by atoms with Crippen LogP contribution in [-0.4, -0.2) is 49.0 Å². The summed E-state index contributed by atoms with van der Waals surface area (Å²) >= 11 is 0. The number of para-hydroxylation sites is 1. The molecule has 0 aliphatic carbocycles. The number of carbonyl (C=O) groups is 3. The van der Waals surface area contributed by atoms with E-state index >= 15 is 0 Å². The van der Waals surface area contributed by atoms with Crippen LogP contribution in [0, 0.1) is 0 Å². The molecule has 3 aromatic heterocycles. The summed E-state index contributed by atoms with van der Waals surface area (Å²) in [5.41, 5.74) is 0.647. The van der Waals surface area contributed by atoms with E-state index in [1.165, 1.54) is 27.7 Å². The summed E-state index contributed by atoms with van der Waals surface area (Å²) in [5.74, 6) is -0.758. The molecule has 0 N–H and O–H groups in total. The van der Waals surface area contributed by atoms with Gasteiger partial charge in [-0.15, -0.1) is 0 Å². The van der Waals surface area contributed by atoms with Gasteiger partial charge in [0.25, 0.3) is 0 Å². The molecule has 0 saturated carbocycles. The van der Waals surface area contributed by atoms with Gasteiger partial charge in [-0.3, -0.25) is 23.7 Å². The first-order valence-electron chi connectivity index (χ1n) is 11.2. The predicted molar refractivity (Wildman–Crippen MR) is 129 cm³/mol. The van der Waals surface area contributed by atoms with Gasteiger partial charge in [0.15, 0.2) is 5.82 Å². The second-order valence-corrected chi connectivity index (χ2v) is 8.83. The highest BCUT2D eigenvalue weighted by atomic mass is 16.6. The van der Waals surface area contributed by atoms with Crippen molar-refractivity contribution in [1.29, 1.82) is 0 Å². The van der Waals surface area contributed by atoms with Gasteiger partial charge < -0.3 is 9.47 Å². The molecule has 35 heavy (non-hydrogen) atoms. The van der Waals surface area contributed by atoms with E-state index in [0.717, 1.165) is 0 Å². The molecule has 0 amide bonds. The molecule has 0 aliphatic rings. The van der Waals surface area contributed by atoms with Gasteiger partial charge in [0.1, 0.15) is 18.0 Å². The Morgan fingerprint density at radius 1 is 1.00 bits per heavy atom. The van der Waals surface area contributed by atoms with Crippen LogP contribution < -0.4 is 0 Å². The van der Waals surface area contributed by atoms with Gasteiger partial charge in [-0.1, -0.05) is 18.2 Å². The molecule has 0 aliphatic heterocycles. The molecule has 9 nitrogen and oxygen atoms in total. The van der Waals surface area contributed by atoms with Crippen molar-refractivity contribution in [3.63, 3.8) is 0 Å². The van der Waals surface area contributed by atoms with E-state index in [9.17, 15) is 14.4 Å². The summed E-state index contributed by atoms with van der Waals surface area (Å²) < 4.78 is 13.8. The van der Waals surface area contributed by atoms with E-state index in [1.807, 2.05) is 6.92 Å². The average Bonchev–Trinajstić information content (AvgIpc) is 3.43. The maximum Gasteiger partial charge on any atom is 0.419 e. The molecule has 4 aromatic rings. The minimum atomic E-state index is -0.706. The quantitative estimate of drug-likeness (QED) is 0.364. The number of ketones is 2. The van der Waals surface area contributed by atoms with E-state index in [-0.39, 0.29) is 29.6 Å². The number of aromatic nitrogens is 4. The normalized spacial score (nSPS) is 11.5. The standard InChI is InChI=1S/C26H26N4O5/c1-5-34-16-30-21(22(31)17-9-8-12-27-13-17)14-28-24(30)23(32)19-15-29(25(33)35-26(2,3)4)20-11-7-6-10-18(19)20/h6-15H,5,16H2,1-4H3. The van der Waals surface area contributed by atoms with Crippen LogP contribution in [0.1, 0.15) is 59.9 Å². The molecule has 180 valence electrons. The first-order valence-corrected chi connectivity index (χ1v) is 11.2. The molecule has 9 heteroatoms. The van der Waals surface area contributed by atoms with E-state index < -0.39 is 17.5 Å². The first-order chi connectivity index (χ1) is 16.7. The van der Waals surface area contributed by atoms with Gasteiger partial charge in [-0.2, -0.15) is 0 Å². The Kier molecular flexibility index (Phi) is 6.61. The topological polar surface area (TPSA) is 105 Å². The second kappa shape index (κ2) is 9.63. The number of rotatable bonds is 7. The number of nitrogens with zero attached hydrogens (tertiary/aromatic N) is 4. The van der Waals surface area contributed by atoms with Crippen LogP contribution in [0.15, 0.2) is 61.2 Å². The molecule has 1 aromatic carbocycles. The molecular weight excluding hydrogens is 448 g/mol. The first kappa shape index (κ1) is 24.0. The van der Waals surface area contributed by atoms with Crippen molar-refractivity contribution in [2.24, 2.45) is 0 Å². The number of benzene rings is 1. The van der Waals surface area contributed by atoms with E-state index in [0.29, 0.717) is 23.1 Å². The summed E-state index contributed by atoms with van der Waals surface area (Å²) in [5, 5.41) is 0.564. The highest BCUT2D eigenvalue weighted by Crippen LogP contribution is 2.26. The third kappa shape index (κ3) is 4.90. The molecular formula is C26H26N4O5. The van der Waals surface area contributed by atoms with Crippen molar-refractivity contribution in [2.45, 2.75) is 40.0 Å². The molecule has 3 heterocycles. The van der Waals surface area contributed by atoms with Crippen LogP contribution in [0.5, 0.6) is 0 Å². The van der Waals surface area contributed by atoms with Gasteiger partial charge in [0.2, 0.25) is 11.6 Å². The fourth-order valence-corrected chi connectivity index (χ4v) is 3.64. The smallest absolute Gasteiger partial charge is 0.419 e. The number of carbonyl (C=O) groups excluding carboxylic acids is 3. The molecule has 0 fully saturated rings. The number of hydrogen-bond donors (Lipinski definition) is 0. The number of ether oxygens (including phenoxy) is 2. The van der Waals surface area contributed by atoms with Crippen molar-refractivity contribution in [3.8, 4) is 0 Å². The largest absolute Gasteiger partial charge is 0.443 e. The van der Waals surface area contributed by atoms with Crippen molar-refractivity contribution >= 4 is 28.6 Å². The maximum atomic E-state index is 13.7. The molecule has 0 saturated heterocycles. The molecule has 0 bridgehead atoms. The monoisotopic (exact) mass is 474 g/mol. The molecule has 0 unspecified atom stereocenters. The molecule has 0 spiro atoms. The lowest BCUT2D eigenvalue weighted by Gasteiger charge is -2.19. The SMILES string of the molecule is CCOCn1c(C(=O)c2cccnc2)cnc1C(=O)c1cn(C(=O)OC(C)(C)C)c2ccccc12. The van der Waals surface area contributed by atoms with Crippen LogP contribution in [0.3, 0.4) is 0 Å². The Hall–Kier alpha value is -4.11. The van der Waals surface area contributed by atoms with Gasteiger partial charge in [0, 0.05) is 36.1 Å². The third-order valence-electron chi connectivity index (χ3n) is 5.19. The number of hydrogen-bond acceptors (Lipinski definition) is 7. The minimum absolute atomic E-state index is 0.0257. The zero-order valence-corrected chi connectivity index (χ0v) is 20.0. The van der Waals surface area contributed by atoms with Crippen LogP contribution in [0.4, 0.5) is 4.79 Å². The van der Waals surface area contributed by atoms with Crippen LogP contribution >= 0.6 is 0 Å². The Morgan fingerprint density at radius 3 is 2.46 bits per heavy atom. The highest BCUT2D eigenvalue weighted by molar-refractivity contribution is 6.17. The van der Waals surface area contributed by atoms with Crippen molar-refractivity contribution in [1.82, 2.24) is 19.1 Å². The molecule has 4 rings (SSSR count). The zero-order valence-electron chi connectivity index (χ0n) is 20.0. The van der Waals surface area contributed by atoms with E-state index in [1.54, 1.807) is 63.4 Å². The van der Waals surface area contributed by atoms with Crippen molar-refractivity contribution in [2.75, 3.05) is 6.61 Å². The van der Waals surface area contributed by atoms with Crippen molar-refractivity contribution < 1.29 is 23.9 Å². The number of pyridine rings is 1. The third-order valence-corrected chi connectivity index (χ3v) is 5.19. The van der Waals surface area contributed by atoms with Gasteiger partial charge in [0.05, 0.1) is 17.3 Å². The van der Waals surface area contributed by atoms with Gasteiger partial charge in [-0.05, 0) is 45.9 Å². The summed E-state index contributed by atoms with van der Waals surface area (Å²) in [6.45, 7) is 7.47. The van der Waals surface area contributed by atoms with Crippen molar-refractivity contribution in [3.05, 3.63) is 83.8 Å². The Balaban J connectivity index is 1.79. The lowest BCUT2D eigenvalue weighted by atomic mass is 10.1. The Labute approximate surface area is 202 Å². The number of imidazole rings is 1. The summed E-state index contributed by atoms with van der Waals surface area (Å²) in [4.78, 5) is 47.9. The second-order valence-electron chi connectivity index (χ2n) is 8.83. The fraction of sp³-hybridized carbons (Fsp3) is 0.269. The minimum Gasteiger partial charge on any atom is -0.443 e. The molecule has 0 radical (unpaired) electrons. The fourth-order valence-electron chi connectivity index (χ4n) is 3.64. The zero-order chi connectivity index (χ0) is 25.2. The number of fused-ring (bicyclic) bond motifs is 1. The lowest BCUT2D eigenvalue weighted by molar-refractivity contribution is 0.0544. The van der Waals surface area contributed by atoms with Crippen LogP contribution in [-0.2, 0) is 16.2 Å². The maximum absolute atomic E-state index is 13.7. The van der Waals surface area contributed by atoms with Crippen LogP contribution in [0.2, 0.25) is 0 Å². The van der Waals surface area contributed by atoms with Gasteiger partial charge >= 0.3 is 6.09 Å². The Bertz CT molecular complexity index is 1400. The lowest BCUT2D eigenvalue weighted by Crippen LogP contribution is -2.26. The summed E-state index contributed by atoms with van der Waals surface area (Å²) in [7, 11) is 0. The van der Waals surface area contributed by atoms with E-state index in [2.05, 4.69) is 9.97 Å². The van der Waals surface area contributed by atoms with Gasteiger partial charge in [-0.25, -0.2) is 9.78 Å². The summed E-state index contributed by atoms with van der Waals surface area (Å²) in [6.07, 6.45) is 5.23. The van der Waals surface area contributed by atoms with E-state index in [4.69, 9.17) is 9.47 Å². The predicted octanol–water partition coefficient (Wildman–Crippen LogP) is 4.47. The summed E-state index contributed by atoms with van der Waals surface area (Å²) in [6, 6.07) is 10.3. The average molecular weight is 475 g/mol. The highest BCUT2D eigenvalue weighted by Gasteiger charge is 2.27. The Morgan fingerprint density at radius 2 is 1.77 bits per heavy atom.